The first-order valence-corrected chi connectivity index (χ1v) is 7.16. The summed E-state index contributed by atoms with van der Waals surface area (Å²) < 4.78 is 0. The van der Waals surface area contributed by atoms with Gasteiger partial charge in [0.1, 0.15) is 0 Å². The Hall–Kier alpha value is -0.870. The zero-order valence-electron chi connectivity index (χ0n) is 10.3. The van der Waals surface area contributed by atoms with Gasteiger partial charge in [-0.25, -0.2) is 0 Å². The molecule has 1 fully saturated rings. The van der Waals surface area contributed by atoms with Crippen LogP contribution in [0, 0.1) is 5.92 Å². The van der Waals surface area contributed by atoms with Crippen molar-refractivity contribution in [1.29, 1.82) is 0 Å². The fourth-order valence-electron chi connectivity index (χ4n) is 2.26. The number of piperidine rings is 1. The van der Waals surface area contributed by atoms with E-state index >= 15 is 0 Å². The number of thiophene rings is 1. The van der Waals surface area contributed by atoms with Crippen LogP contribution in [0.3, 0.4) is 0 Å². The van der Waals surface area contributed by atoms with Gasteiger partial charge < -0.3 is 10.2 Å². The topological polar surface area (TPSA) is 32.3 Å². The van der Waals surface area contributed by atoms with Gasteiger partial charge in [-0.2, -0.15) is 11.3 Å². The summed E-state index contributed by atoms with van der Waals surface area (Å²) in [7, 11) is 1.93. The van der Waals surface area contributed by atoms with E-state index < -0.39 is 0 Å². The first-order valence-electron chi connectivity index (χ1n) is 6.21. The molecule has 0 aromatic carbocycles. The van der Waals surface area contributed by atoms with Crippen molar-refractivity contribution in [3.63, 3.8) is 0 Å². The van der Waals surface area contributed by atoms with E-state index in [1.807, 2.05) is 23.4 Å². The van der Waals surface area contributed by atoms with E-state index in [9.17, 15) is 4.79 Å². The highest BCUT2D eigenvalue weighted by atomic mass is 32.1. The molecule has 0 atom stereocenters. The highest BCUT2D eigenvalue weighted by Gasteiger charge is 2.18. The molecule has 1 saturated heterocycles. The third-order valence-corrected chi connectivity index (χ3v) is 4.08. The molecule has 0 bridgehead atoms. The van der Waals surface area contributed by atoms with Crippen molar-refractivity contribution in [2.45, 2.75) is 19.3 Å². The van der Waals surface area contributed by atoms with E-state index in [0.29, 0.717) is 12.3 Å². The van der Waals surface area contributed by atoms with Gasteiger partial charge in [0.05, 0.1) is 6.42 Å². The number of carbonyl (C=O) groups is 1. The average molecular weight is 252 g/mol. The number of rotatable bonds is 4. The fourth-order valence-corrected chi connectivity index (χ4v) is 2.92. The Morgan fingerprint density at radius 3 is 2.94 bits per heavy atom. The molecule has 1 aliphatic heterocycles. The monoisotopic (exact) mass is 252 g/mol. The molecule has 0 unspecified atom stereocenters. The van der Waals surface area contributed by atoms with Crippen LogP contribution in [-0.4, -0.2) is 37.5 Å². The maximum absolute atomic E-state index is 12.0. The molecule has 2 heterocycles. The fraction of sp³-hybridized carbons (Fsp3) is 0.615. The number of carbonyl (C=O) groups excluding carboxylic acids is 1. The van der Waals surface area contributed by atoms with Crippen LogP contribution in [0.15, 0.2) is 16.8 Å². The Kier molecular flexibility index (Phi) is 4.57. The van der Waals surface area contributed by atoms with E-state index in [-0.39, 0.29) is 5.91 Å². The maximum atomic E-state index is 12.0. The minimum absolute atomic E-state index is 0.238. The number of hydrogen-bond acceptors (Lipinski definition) is 3. The van der Waals surface area contributed by atoms with Gasteiger partial charge in [0.25, 0.3) is 0 Å². The van der Waals surface area contributed by atoms with Crippen LogP contribution < -0.4 is 5.32 Å². The molecule has 94 valence electrons. The van der Waals surface area contributed by atoms with Gasteiger partial charge in [0.2, 0.25) is 5.91 Å². The SMILES string of the molecule is CN(CC1CCNCC1)C(=O)Cc1ccsc1. The summed E-state index contributed by atoms with van der Waals surface area (Å²) in [6, 6.07) is 2.03. The van der Waals surface area contributed by atoms with E-state index in [4.69, 9.17) is 0 Å². The predicted octanol–water partition coefficient (Wildman–Crippen LogP) is 1.75. The van der Waals surface area contributed by atoms with Gasteiger partial charge in [-0.3, -0.25) is 4.79 Å². The van der Waals surface area contributed by atoms with Crippen LogP contribution in [0.2, 0.25) is 0 Å². The zero-order chi connectivity index (χ0) is 12.1. The van der Waals surface area contributed by atoms with Crippen molar-refractivity contribution < 1.29 is 4.79 Å². The Labute approximate surface area is 107 Å². The summed E-state index contributed by atoms with van der Waals surface area (Å²) in [6.07, 6.45) is 2.93. The summed E-state index contributed by atoms with van der Waals surface area (Å²) in [6.45, 7) is 3.10. The number of likely N-dealkylation sites (N-methyl/N-ethyl adjacent to an activating group) is 1. The van der Waals surface area contributed by atoms with Crippen LogP contribution in [0.1, 0.15) is 18.4 Å². The molecule has 4 heteroatoms. The van der Waals surface area contributed by atoms with Crippen molar-refractivity contribution in [3.8, 4) is 0 Å². The van der Waals surface area contributed by atoms with Crippen molar-refractivity contribution in [2.75, 3.05) is 26.7 Å². The van der Waals surface area contributed by atoms with E-state index in [1.54, 1.807) is 11.3 Å². The molecule has 1 aromatic heterocycles. The Morgan fingerprint density at radius 1 is 1.53 bits per heavy atom. The lowest BCUT2D eigenvalue weighted by Gasteiger charge is -2.27. The highest BCUT2D eigenvalue weighted by Crippen LogP contribution is 2.14. The Morgan fingerprint density at radius 2 is 2.29 bits per heavy atom. The van der Waals surface area contributed by atoms with Crippen LogP contribution in [0.4, 0.5) is 0 Å². The second-order valence-corrected chi connectivity index (χ2v) is 5.56. The molecular weight excluding hydrogens is 232 g/mol. The first kappa shape index (κ1) is 12.6. The maximum Gasteiger partial charge on any atom is 0.226 e. The molecule has 1 N–H and O–H groups in total. The molecule has 0 saturated carbocycles. The molecular formula is C13H20N2OS. The van der Waals surface area contributed by atoms with Crippen LogP contribution >= 0.6 is 11.3 Å². The first-order chi connectivity index (χ1) is 8.25. The quantitative estimate of drug-likeness (QED) is 0.885. The van der Waals surface area contributed by atoms with E-state index in [2.05, 4.69) is 10.7 Å². The van der Waals surface area contributed by atoms with Crippen molar-refractivity contribution in [2.24, 2.45) is 5.92 Å². The second kappa shape index (κ2) is 6.17. The minimum atomic E-state index is 0.238. The summed E-state index contributed by atoms with van der Waals surface area (Å²) >= 11 is 1.65. The molecule has 2 rings (SSSR count). The lowest BCUT2D eigenvalue weighted by Crippen LogP contribution is -2.37. The van der Waals surface area contributed by atoms with Crippen LogP contribution in [0.25, 0.3) is 0 Å². The van der Waals surface area contributed by atoms with Crippen molar-refractivity contribution in [1.82, 2.24) is 10.2 Å². The Bertz CT molecular complexity index is 344. The van der Waals surface area contributed by atoms with Gasteiger partial charge in [-0.05, 0) is 54.2 Å². The summed E-state index contributed by atoms with van der Waals surface area (Å²) in [5, 5.41) is 7.43. The summed E-state index contributed by atoms with van der Waals surface area (Å²) in [4.78, 5) is 13.9. The van der Waals surface area contributed by atoms with E-state index in [1.165, 1.54) is 12.8 Å². The van der Waals surface area contributed by atoms with Gasteiger partial charge in [-0.1, -0.05) is 0 Å². The molecule has 17 heavy (non-hydrogen) atoms. The molecule has 1 aromatic rings. The zero-order valence-corrected chi connectivity index (χ0v) is 11.1. The van der Waals surface area contributed by atoms with E-state index in [0.717, 1.165) is 25.2 Å². The number of nitrogens with one attached hydrogen (secondary N) is 1. The molecule has 0 aliphatic carbocycles. The average Bonchev–Trinajstić information content (AvgIpc) is 2.83. The third-order valence-electron chi connectivity index (χ3n) is 3.35. The smallest absolute Gasteiger partial charge is 0.226 e. The van der Waals surface area contributed by atoms with Gasteiger partial charge in [-0.15, -0.1) is 0 Å². The molecule has 1 amide bonds. The van der Waals surface area contributed by atoms with Crippen LogP contribution in [0.5, 0.6) is 0 Å². The third kappa shape index (κ3) is 3.82. The molecule has 0 radical (unpaired) electrons. The number of nitrogens with zero attached hydrogens (tertiary/aromatic N) is 1. The van der Waals surface area contributed by atoms with Gasteiger partial charge >= 0.3 is 0 Å². The van der Waals surface area contributed by atoms with Gasteiger partial charge in [0.15, 0.2) is 0 Å². The summed E-state index contributed by atoms with van der Waals surface area (Å²) in [5.41, 5.74) is 1.14. The molecule has 0 spiro atoms. The number of amides is 1. The van der Waals surface area contributed by atoms with Crippen molar-refractivity contribution >= 4 is 17.2 Å². The lowest BCUT2D eigenvalue weighted by atomic mass is 9.97. The van der Waals surface area contributed by atoms with Crippen molar-refractivity contribution in [3.05, 3.63) is 22.4 Å². The minimum Gasteiger partial charge on any atom is -0.345 e. The normalized spacial score (nSPS) is 17.0. The largest absolute Gasteiger partial charge is 0.345 e. The van der Waals surface area contributed by atoms with Crippen LogP contribution in [-0.2, 0) is 11.2 Å². The van der Waals surface area contributed by atoms with Gasteiger partial charge in [0, 0.05) is 13.6 Å². The highest BCUT2D eigenvalue weighted by molar-refractivity contribution is 7.07. The predicted molar refractivity (Wildman–Crippen MR) is 71.3 cm³/mol. The number of hydrogen-bond donors (Lipinski definition) is 1. The standard InChI is InChI=1S/C13H20N2OS/c1-15(9-11-2-5-14-6-3-11)13(16)8-12-4-7-17-10-12/h4,7,10-11,14H,2-3,5-6,8-9H2,1H3. The molecule has 1 aliphatic rings. The molecule has 3 nitrogen and oxygen atoms in total. The summed E-state index contributed by atoms with van der Waals surface area (Å²) in [5.74, 6) is 0.912. The second-order valence-electron chi connectivity index (χ2n) is 4.78. The Balaban J connectivity index is 1.78. The lowest BCUT2D eigenvalue weighted by molar-refractivity contribution is -0.129.